The molecule has 0 bridgehead atoms. The van der Waals surface area contributed by atoms with Crippen molar-refractivity contribution in [2.75, 3.05) is 7.11 Å². The molecular formula is C9H16O3. The van der Waals surface area contributed by atoms with Crippen molar-refractivity contribution in [1.82, 2.24) is 0 Å². The van der Waals surface area contributed by atoms with Crippen molar-refractivity contribution < 1.29 is 14.6 Å². The van der Waals surface area contributed by atoms with Gasteiger partial charge in [-0.15, -0.1) is 0 Å². The first-order valence-corrected chi connectivity index (χ1v) is 4.40. The SMILES string of the molecule is COC(=O)C(C)C1(O)CCCC1. The largest absolute Gasteiger partial charge is 0.469 e. The van der Waals surface area contributed by atoms with Crippen LogP contribution >= 0.6 is 0 Å². The van der Waals surface area contributed by atoms with Crippen LogP contribution in [0, 0.1) is 5.92 Å². The summed E-state index contributed by atoms with van der Waals surface area (Å²) >= 11 is 0. The number of esters is 1. The summed E-state index contributed by atoms with van der Waals surface area (Å²) < 4.78 is 4.59. The van der Waals surface area contributed by atoms with Gasteiger partial charge < -0.3 is 9.84 Å². The van der Waals surface area contributed by atoms with Gasteiger partial charge in [0.2, 0.25) is 0 Å². The molecule has 0 aromatic carbocycles. The van der Waals surface area contributed by atoms with Crippen molar-refractivity contribution >= 4 is 5.97 Å². The monoisotopic (exact) mass is 172 g/mol. The van der Waals surface area contributed by atoms with E-state index in [1.54, 1.807) is 6.92 Å². The van der Waals surface area contributed by atoms with Crippen LogP contribution in [0.15, 0.2) is 0 Å². The molecule has 1 fully saturated rings. The molecule has 1 saturated carbocycles. The molecule has 0 radical (unpaired) electrons. The second-order valence-corrected chi connectivity index (χ2v) is 3.56. The minimum Gasteiger partial charge on any atom is -0.469 e. The Morgan fingerprint density at radius 3 is 2.42 bits per heavy atom. The highest BCUT2D eigenvalue weighted by Gasteiger charge is 2.41. The summed E-state index contributed by atoms with van der Waals surface area (Å²) in [7, 11) is 1.36. The van der Waals surface area contributed by atoms with E-state index in [0.29, 0.717) is 0 Å². The highest BCUT2D eigenvalue weighted by Crippen LogP contribution is 2.36. The van der Waals surface area contributed by atoms with Crippen molar-refractivity contribution in [1.29, 1.82) is 0 Å². The van der Waals surface area contributed by atoms with Gasteiger partial charge in [0.1, 0.15) is 0 Å². The van der Waals surface area contributed by atoms with E-state index in [1.165, 1.54) is 7.11 Å². The topological polar surface area (TPSA) is 46.5 Å². The van der Waals surface area contributed by atoms with Gasteiger partial charge in [-0.2, -0.15) is 0 Å². The zero-order chi connectivity index (χ0) is 9.19. The molecule has 0 aromatic heterocycles. The first kappa shape index (κ1) is 9.52. The fraction of sp³-hybridized carbons (Fsp3) is 0.889. The fourth-order valence-corrected chi connectivity index (χ4v) is 1.82. The molecule has 3 heteroatoms. The number of hydrogen-bond acceptors (Lipinski definition) is 3. The summed E-state index contributed by atoms with van der Waals surface area (Å²) in [5.74, 6) is -0.690. The smallest absolute Gasteiger partial charge is 0.311 e. The van der Waals surface area contributed by atoms with Crippen LogP contribution in [0.4, 0.5) is 0 Å². The molecule has 1 rings (SSSR count). The average Bonchev–Trinajstić information content (AvgIpc) is 2.50. The van der Waals surface area contributed by atoms with E-state index in [1.807, 2.05) is 0 Å². The van der Waals surface area contributed by atoms with Gasteiger partial charge in [0, 0.05) is 0 Å². The van der Waals surface area contributed by atoms with Crippen molar-refractivity contribution in [3.63, 3.8) is 0 Å². The van der Waals surface area contributed by atoms with E-state index < -0.39 is 5.60 Å². The van der Waals surface area contributed by atoms with Crippen LogP contribution in [0.25, 0.3) is 0 Å². The molecule has 12 heavy (non-hydrogen) atoms. The molecule has 1 aliphatic carbocycles. The van der Waals surface area contributed by atoms with Gasteiger partial charge in [0.25, 0.3) is 0 Å². The molecule has 3 nitrogen and oxygen atoms in total. The molecular weight excluding hydrogens is 156 g/mol. The molecule has 0 heterocycles. The Bertz CT molecular complexity index is 171. The highest BCUT2D eigenvalue weighted by molar-refractivity contribution is 5.73. The fourth-order valence-electron chi connectivity index (χ4n) is 1.82. The van der Waals surface area contributed by atoms with E-state index in [9.17, 15) is 9.90 Å². The van der Waals surface area contributed by atoms with Gasteiger partial charge in [0.15, 0.2) is 0 Å². The number of carbonyl (C=O) groups excluding carboxylic acids is 1. The summed E-state index contributed by atoms with van der Waals surface area (Å²) in [6.45, 7) is 1.73. The number of rotatable bonds is 2. The minimum atomic E-state index is -0.799. The van der Waals surface area contributed by atoms with E-state index in [4.69, 9.17) is 0 Å². The number of methoxy groups -OCH3 is 1. The van der Waals surface area contributed by atoms with Gasteiger partial charge in [-0.25, -0.2) is 0 Å². The Balaban J connectivity index is 2.61. The summed E-state index contributed by atoms with van der Waals surface area (Å²) in [6.07, 6.45) is 3.47. The third kappa shape index (κ3) is 1.61. The summed E-state index contributed by atoms with van der Waals surface area (Å²) in [6, 6.07) is 0. The lowest BCUT2D eigenvalue weighted by atomic mass is 9.87. The molecule has 1 unspecified atom stereocenters. The van der Waals surface area contributed by atoms with E-state index >= 15 is 0 Å². The molecule has 1 atom stereocenters. The van der Waals surface area contributed by atoms with Crippen molar-refractivity contribution in [2.24, 2.45) is 5.92 Å². The lowest BCUT2D eigenvalue weighted by Crippen LogP contribution is -2.38. The first-order chi connectivity index (χ1) is 5.60. The van der Waals surface area contributed by atoms with Crippen molar-refractivity contribution in [2.45, 2.75) is 38.2 Å². The normalized spacial score (nSPS) is 23.6. The number of hydrogen-bond donors (Lipinski definition) is 1. The third-order valence-electron chi connectivity index (χ3n) is 2.83. The average molecular weight is 172 g/mol. The summed E-state index contributed by atoms with van der Waals surface area (Å²) in [4.78, 5) is 11.1. The molecule has 1 aliphatic rings. The predicted octanol–water partition coefficient (Wildman–Crippen LogP) is 1.10. The van der Waals surface area contributed by atoms with E-state index in [-0.39, 0.29) is 11.9 Å². The molecule has 0 amide bonds. The number of ether oxygens (including phenoxy) is 1. The zero-order valence-electron chi connectivity index (χ0n) is 7.67. The lowest BCUT2D eigenvalue weighted by Gasteiger charge is -2.27. The third-order valence-corrected chi connectivity index (χ3v) is 2.83. The second-order valence-electron chi connectivity index (χ2n) is 3.56. The standard InChI is InChI=1S/C9H16O3/c1-7(8(10)12-2)9(11)5-3-4-6-9/h7,11H,3-6H2,1-2H3. The van der Waals surface area contributed by atoms with Gasteiger partial charge in [-0.05, 0) is 19.8 Å². The van der Waals surface area contributed by atoms with E-state index in [2.05, 4.69) is 4.74 Å². The molecule has 0 aliphatic heterocycles. The Morgan fingerprint density at radius 2 is 2.00 bits per heavy atom. The van der Waals surface area contributed by atoms with Crippen LogP contribution < -0.4 is 0 Å². The van der Waals surface area contributed by atoms with Crippen LogP contribution in [-0.4, -0.2) is 23.8 Å². The molecule has 0 aromatic rings. The Hall–Kier alpha value is -0.570. The minimum absolute atomic E-state index is 0.306. The molecule has 0 spiro atoms. The Labute approximate surface area is 72.7 Å². The number of aliphatic hydroxyl groups is 1. The Morgan fingerprint density at radius 1 is 1.50 bits per heavy atom. The van der Waals surface area contributed by atoms with Gasteiger partial charge in [-0.3, -0.25) is 4.79 Å². The quantitative estimate of drug-likeness (QED) is 0.634. The van der Waals surface area contributed by atoms with Crippen LogP contribution in [0.1, 0.15) is 32.6 Å². The lowest BCUT2D eigenvalue weighted by molar-refractivity contribution is -0.154. The maximum atomic E-state index is 11.1. The Kier molecular flexibility index (Phi) is 2.73. The van der Waals surface area contributed by atoms with Gasteiger partial charge in [0.05, 0.1) is 18.6 Å². The zero-order valence-corrected chi connectivity index (χ0v) is 7.67. The maximum Gasteiger partial charge on any atom is 0.311 e. The summed E-state index contributed by atoms with van der Waals surface area (Å²) in [5.41, 5.74) is -0.799. The second kappa shape index (κ2) is 3.44. The summed E-state index contributed by atoms with van der Waals surface area (Å²) in [5, 5.41) is 9.96. The van der Waals surface area contributed by atoms with Crippen LogP contribution in [0.3, 0.4) is 0 Å². The van der Waals surface area contributed by atoms with Gasteiger partial charge >= 0.3 is 5.97 Å². The van der Waals surface area contributed by atoms with Gasteiger partial charge in [-0.1, -0.05) is 12.8 Å². The number of carbonyl (C=O) groups is 1. The molecule has 0 saturated heterocycles. The predicted molar refractivity (Wildman–Crippen MR) is 44.6 cm³/mol. The maximum absolute atomic E-state index is 11.1. The molecule has 1 N–H and O–H groups in total. The first-order valence-electron chi connectivity index (χ1n) is 4.40. The van der Waals surface area contributed by atoms with Crippen LogP contribution in [0.5, 0.6) is 0 Å². The van der Waals surface area contributed by atoms with Crippen molar-refractivity contribution in [3.8, 4) is 0 Å². The van der Waals surface area contributed by atoms with Crippen LogP contribution in [0.2, 0.25) is 0 Å². The highest BCUT2D eigenvalue weighted by atomic mass is 16.5. The molecule has 70 valence electrons. The van der Waals surface area contributed by atoms with Crippen LogP contribution in [-0.2, 0) is 9.53 Å². The van der Waals surface area contributed by atoms with E-state index in [0.717, 1.165) is 25.7 Å². The van der Waals surface area contributed by atoms with Crippen molar-refractivity contribution in [3.05, 3.63) is 0 Å².